The van der Waals surface area contributed by atoms with Gasteiger partial charge in [0.25, 0.3) is 0 Å². The largest absolute Gasteiger partial charge is 0.352 e. The van der Waals surface area contributed by atoms with Gasteiger partial charge in [-0.25, -0.2) is 0 Å². The fourth-order valence-corrected chi connectivity index (χ4v) is 2.45. The van der Waals surface area contributed by atoms with E-state index in [0.29, 0.717) is 0 Å². The summed E-state index contributed by atoms with van der Waals surface area (Å²) in [4.78, 5) is 6.62. The summed E-state index contributed by atoms with van der Waals surface area (Å²) in [6.45, 7) is 4.26. The Kier molecular flexibility index (Phi) is 3.15. The van der Waals surface area contributed by atoms with Gasteiger partial charge in [-0.2, -0.15) is 0 Å². The van der Waals surface area contributed by atoms with E-state index in [1.807, 2.05) is 18.3 Å². The molecule has 0 amide bonds. The van der Waals surface area contributed by atoms with Crippen LogP contribution in [0.4, 0.5) is 5.69 Å². The van der Waals surface area contributed by atoms with Gasteiger partial charge in [0, 0.05) is 35.8 Å². The molecule has 0 N–H and O–H groups in total. The van der Waals surface area contributed by atoms with E-state index in [1.165, 1.54) is 28.1 Å². The highest BCUT2D eigenvalue weighted by Gasteiger charge is 2.11. The highest BCUT2D eigenvalue weighted by molar-refractivity contribution is 6.16. The van der Waals surface area contributed by atoms with Crippen LogP contribution < -0.4 is 0 Å². The minimum Gasteiger partial charge on any atom is -0.352 e. The van der Waals surface area contributed by atoms with Crippen LogP contribution in [0.25, 0.3) is 5.57 Å². The monoisotopic (exact) mass is 262 g/mol. The Bertz CT molecular complexity index is 678. The van der Waals surface area contributed by atoms with E-state index < -0.39 is 0 Å². The Labute approximate surface area is 120 Å². The molecule has 2 heteroatoms. The number of rotatable bonds is 1. The van der Waals surface area contributed by atoms with E-state index in [4.69, 9.17) is 0 Å². The summed E-state index contributed by atoms with van der Waals surface area (Å²) in [7, 11) is 2.09. The summed E-state index contributed by atoms with van der Waals surface area (Å²) in [5.41, 5.74) is 7.18. The molecule has 0 aromatic heterocycles. The third-order valence-corrected chi connectivity index (χ3v) is 3.82. The number of aliphatic imine (C=N–C) groups is 1. The summed E-state index contributed by atoms with van der Waals surface area (Å²) in [5.74, 6) is 0. The molecule has 100 valence electrons. The molecule has 0 saturated heterocycles. The van der Waals surface area contributed by atoms with Gasteiger partial charge in [-0.05, 0) is 37.6 Å². The van der Waals surface area contributed by atoms with Crippen LogP contribution in [0.1, 0.15) is 19.4 Å². The van der Waals surface area contributed by atoms with Crippen molar-refractivity contribution in [1.82, 2.24) is 4.90 Å². The van der Waals surface area contributed by atoms with E-state index in [2.05, 4.69) is 67.2 Å². The van der Waals surface area contributed by atoms with Crippen molar-refractivity contribution in [2.45, 2.75) is 13.8 Å². The normalized spacial score (nSPS) is 19.1. The average Bonchev–Trinajstić information content (AvgIpc) is 2.85. The van der Waals surface area contributed by atoms with E-state index in [-0.39, 0.29) is 0 Å². The number of hydrogen-bond donors (Lipinski definition) is 0. The van der Waals surface area contributed by atoms with Crippen LogP contribution in [0.15, 0.2) is 70.5 Å². The fourth-order valence-electron chi connectivity index (χ4n) is 2.45. The van der Waals surface area contributed by atoms with Crippen LogP contribution in [0.2, 0.25) is 0 Å². The van der Waals surface area contributed by atoms with Crippen LogP contribution in [0.3, 0.4) is 0 Å². The SMILES string of the molecule is CC1=CC(=C/C=C2\C=Nc3ccccc32)C=C(C)N1C. The van der Waals surface area contributed by atoms with Crippen molar-refractivity contribution in [2.75, 3.05) is 7.05 Å². The van der Waals surface area contributed by atoms with E-state index in [9.17, 15) is 0 Å². The quantitative estimate of drug-likeness (QED) is 0.729. The fraction of sp³-hybridized carbons (Fsp3) is 0.167. The molecule has 2 aliphatic rings. The smallest absolute Gasteiger partial charge is 0.0708 e. The molecule has 0 aliphatic carbocycles. The molecule has 20 heavy (non-hydrogen) atoms. The molecule has 2 nitrogen and oxygen atoms in total. The maximum atomic E-state index is 4.42. The molecule has 0 radical (unpaired) electrons. The van der Waals surface area contributed by atoms with Gasteiger partial charge in [0.2, 0.25) is 0 Å². The predicted octanol–water partition coefficient (Wildman–Crippen LogP) is 4.47. The first-order valence-corrected chi connectivity index (χ1v) is 6.81. The van der Waals surface area contributed by atoms with E-state index in [0.717, 1.165) is 5.69 Å². The van der Waals surface area contributed by atoms with Crippen LogP contribution >= 0.6 is 0 Å². The first kappa shape index (κ1) is 12.7. The lowest BCUT2D eigenvalue weighted by Gasteiger charge is -2.24. The zero-order valence-electron chi connectivity index (χ0n) is 12.1. The Hall–Kier alpha value is -2.35. The zero-order chi connectivity index (χ0) is 14.1. The minimum atomic E-state index is 1.05. The van der Waals surface area contributed by atoms with Crippen LogP contribution in [-0.2, 0) is 0 Å². The summed E-state index contributed by atoms with van der Waals surface area (Å²) >= 11 is 0. The number of hydrogen-bond acceptors (Lipinski definition) is 2. The molecule has 0 bridgehead atoms. The third kappa shape index (κ3) is 2.25. The van der Waals surface area contributed by atoms with Gasteiger partial charge in [-0.15, -0.1) is 0 Å². The van der Waals surface area contributed by atoms with Crippen LogP contribution in [-0.4, -0.2) is 18.2 Å². The first-order chi connectivity index (χ1) is 9.65. The molecule has 2 heterocycles. The minimum absolute atomic E-state index is 1.05. The van der Waals surface area contributed by atoms with Gasteiger partial charge in [0.15, 0.2) is 0 Å². The predicted molar refractivity (Wildman–Crippen MR) is 85.9 cm³/mol. The van der Waals surface area contributed by atoms with Gasteiger partial charge in [-0.3, -0.25) is 4.99 Å². The number of allylic oxidation sites excluding steroid dienone is 8. The maximum absolute atomic E-state index is 4.42. The van der Waals surface area contributed by atoms with Crippen molar-refractivity contribution in [1.29, 1.82) is 0 Å². The molecular formula is C18H18N2. The molecule has 0 saturated carbocycles. The molecule has 0 spiro atoms. The lowest BCUT2D eigenvalue weighted by molar-refractivity contribution is 0.515. The van der Waals surface area contributed by atoms with Gasteiger partial charge in [0.05, 0.1) is 5.69 Å². The molecule has 0 fully saturated rings. The topological polar surface area (TPSA) is 15.6 Å². The van der Waals surface area contributed by atoms with Crippen LogP contribution in [0, 0.1) is 0 Å². The number of fused-ring (bicyclic) bond motifs is 1. The highest BCUT2D eigenvalue weighted by Crippen LogP contribution is 2.31. The second-order valence-electron chi connectivity index (χ2n) is 5.19. The zero-order valence-corrected chi connectivity index (χ0v) is 12.1. The van der Waals surface area contributed by atoms with Crippen LogP contribution in [0.5, 0.6) is 0 Å². The van der Waals surface area contributed by atoms with Gasteiger partial charge < -0.3 is 4.90 Å². The molecular weight excluding hydrogens is 244 g/mol. The molecule has 0 unspecified atom stereocenters. The standard InChI is InChI=1S/C18H18N2/c1-13-10-15(11-14(2)20(13)3)8-9-16-12-19-18-7-5-4-6-17(16)18/h4-12H,1-3H3/b16-9+. The Morgan fingerprint density at radius 2 is 1.70 bits per heavy atom. The van der Waals surface area contributed by atoms with Gasteiger partial charge >= 0.3 is 0 Å². The van der Waals surface area contributed by atoms with Crippen molar-refractivity contribution >= 4 is 17.5 Å². The lowest BCUT2D eigenvalue weighted by atomic mass is 10.0. The van der Waals surface area contributed by atoms with Crippen molar-refractivity contribution < 1.29 is 0 Å². The molecule has 1 aromatic rings. The maximum Gasteiger partial charge on any atom is 0.0708 e. The number of para-hydroxylation sites is 1. The summed E-state index contributed by atoms with van der Waals surface area (Å²) < 4.78 is 0. The summed E-state index contributed by atoms with van der Waals surface area (Å²) in [6.07, 6.45) is 10.6. The van der Waals surface area contributed by atoms with E-state index >= 15 is 0 Å². The lowest BCUT2D eigenvalue weighted by Crippen LogP contribution is -2.16. The number of benzene rings is 1. The molecule has 2 aliphatic heterocycles. The Balaban J connectivity index is 1.92. The van der Waals surface area contributed by atoms with E-state index in [1.54, 1.807) is 0 Å². The third-order valence-electron chi connectivity index (χ3n) is 3.82. The van der Waals surface area contributed by atoms with Crippen molar-refractivity contribution in [2.24, 2.45) is 4.99 Å². The first-order valence-electron chi connectivity index (χ1n) is 6.81. The molecule has 0 atom stereocenters. The molecule has 3 rings (SSSR count). The van der Waals surface area contributed by atoms with Gasteiger partial charge in [0.1, 0.15) is 0 Å². The van der Waals surface area contributed by atoms with Crippen molar-refractivity contribution in [3.05, 3.63) is 71.1 Å². The van der Waals surface area contributed by atoms with Crippen molar-refractivity contribution in [3.8, 4) is 0 Å². The second kappa shape index (κ2) is 4.97. The average molecular weight is 262 g/mol. The molecule has 1 aromatic carbocycles. The second-order valence-corrected chi connectivity index (χ2v) is 5.19. The Morgan fingerprint density at radius 1 is 1.00 bits per heavy atom. The highest BCUT2D eigenvalue weighted by atomic mass is 15.1. The summed E-state index contributed by atoms with van der Waals surface area (Å²) in [6, 6.07) is 8.23. The number of nitrogens with zero attached hydrogens (tertiary/aromatic N) is 2. The summed E-state index contributed by atoms with van der Waals surface area (Å²) in [5, 5.41) is 0. The van der Waals surface area contributed by atoms with Crippen molar-refractivity contribution in [3.63, 3.8) is 0 Å². The Morgan fingerprint density at radius 3 is 2.45 bits per heavy atom. The van der Waals surface area contributed by atoms with Gasteiger partial charge in [-0.1, -0.05) is 30.4 Å².